The van der Waals surface area contributed by atoms with Crippen LogP contribution in [0, 0.1) is 23.7 Å². The minimum Gasteiger partial charge on any atom is -0.0654 e. The van der Waals surface area contributed by atoms with Gasteiger partial charge in [-0.15, -0.1) is 0 Å². The first kappa shape index (κ1) is 17.0. The predicted octanol–water partition coefficient (Wildman–Crippen LogP) is 6.30. The van der Waals surface area contributed by atoms with Gasteiger partial charge in [0.15, 0.2) is 0 Å². The Morgan fingerprint density at radius 3 is 1.71 bits per heavy atom. The van der Waals surface area contributed by atoms with Crippen LogP contribution in [0.15, 0.2) is 0 Å². The normalized spacial score (nSPS) is 24.9. The van der Waals surface area contributed by atoms with Crippen molar-refractivity contribution < 1.29 is 0 Å². The third kappa shape index (κ3) is 7.11. The summed E-state index contributed by atoms with van der Waals surface area (Å²) >= 11 is 0. The van der Waals surface area contributed by atoms with Crippen molar-refractivity contribution in [3.8, 4) is 0 Å². The molecule has 0 saturated heterocycles. The Kier molecular flexibility index (Phi) is 9.97. The maximum atomic E-state index is 2.38. The van der Waals surface area contributed by atoms with Crippen LogP contribution < -0.4 is 0 Å². The SMILES string of the molecule is CCC(C)CC.CCCC(CC)C1CC(C)C1. The van der Waals surface area contributed by atoms with Crippen molar-refractivity contribution in [2.45, 2.75) is 86.5 Å². The average molecular weight is 240 g/mol. The van der Waals surface area contributed by atoms with Gasteiger partial charge in [-0.05, 0) is 36.5 Å². The first-order valence-corrected chi connectivity index (χ1v) is 8.08. The molecule has 0 radical (unpaired) electrons. The number of hydrogen-bond donors (Lipinski definition) is 0. The zero-order valence-corrected chi connectivity index (χ0v) is 13.3. The Hall–Kier alpha value is 0. The molecule has 0 amide bonds. The summed E-state index contributed by atoms with van der Waals surface area (Å²) in [6.45, 7) is 13.8. The molecular weight excluding hydrogens is 204 g/mol. The van der Waals surface area contributed by atoms with E-state index in [-0.39, 0.29) is 0 Å². The molecule has 1 aliphatic carbocycles. The molecule has 1 unspecified atom stereocenters. The van der Waals surface area contributed by atoms with Crippen molar-refractivity contribution >= 4 is 0 Å². The molecule has 1 aliphatic rings. The first-order valence-electron chi connectivity index (χ1n) is 8.08. The molecule has 0 aromatic heterocycles. The van der Waals surface area contributed by atoms with Crippen molar-refractivity contribution in [2.24, 2.45) is 23.7 Å². The smallest absolute Gasteiger partial charge is 0.0381 e. The third-order valence-corrected chi connectivity index (χ3v) is 4.65. The summed E-state index contributed by atoms with van der Waals surface area (Å²) in [5.41, 5.74) is 0. The minimum atomic E-state index is 0.935. The second-order valence-electron chi connectivity index (χ2n) is 6.22. The van der Waals surface area contributed by atoms with E-state index in [2.05, 4.69) is 41.5 Å². The summed E-state index contributed by atoms with van der Waals surface area (Å²) in [5, 5.41) is 0. The Morgan fingerprint density at radius 1 is 0.941 bits per heavy atom. The van der Waals surface area contributed by atoms with E-state index < -0.39 is 0 Å². The second-order valence-corrected chi connectivity index (χ2v) is 6.22. The first-order chi connectivity index (χ1) is 8.08. The molecule has 0 spiro atoms. The Bertz CT molecular complexity index is 151. The van der Waals surface area contributed by atoms with Gasteiger partial charge in [-0.1, -0.05) is 73.6 Å². The lowest BCUT2D eigenvalue weighted by Gasteiger charge is -2.38. The molecule has 0 bridgehead atoms. The molecule has 1 atom stereocenters. The molecule has 0 aliphatic heterocycles. The summed E-state index contributed by atoms with van der Waals surface area (Å²) in [6.07, 6.45) is 9.94. The molecule has 1 rings (SSSR count). The van der Waals surface area contributed by atoms with Crippen LogP contribution in [0.1, 0.15) is 86.5 Å². The van der Waals surface area contributed by atoms with Gasteiger partial charge in [0.1, 0.15) is 0 Å². The van der Waals surface area contributed by atoms with Crippen LogP contribution in [0.4, 0.5) is 0 Å². The Labute approximate surface area is 111 Å². The van der Waals surface area contributed by atoms with Crippen LogP contribution >= 0.6 is 0 Å². The quantitative estimate of drug-likeness (QED) is 0.511. The highest BCUT2D eigenvalue weighted by atomic mass is 14.4. The van der Waals surface area contributed by atoms with Gasteiger partial charge in [-0.25, -0.2) is 0 Å². The molecule has 0 nitrogen and oxygen atoms in total. The molecule has 0 heteroatoms. The molecule has 17 heavy (non-hydrogen) atoms. The van der Waals surface area contributed by atoms with Crippen LogP contribution in [-0.4, -0.2) is 0 Å². The van der Waals surface area contributed by atoms with Gasteiger partial charge >= 0.3 is 0 Å². The maximum Gasteiger partial charge on any atom is -0.0381 e. The van der Waals surface area contributed by atoms with E-state index in [1.54, 1.807) is 0 Å². The molecule has 0 N–H and O–H groups in total. The highest BCUT2D eigenvalue weighted by molar-refractivity contribution is 4.81. The van der Waals surface area contributed by atoms with E-state index in [9.17, 15) is 0 Å². The van der Waals surface area contributed by atoms with Crippen LogP contribution in [0.25, 0.3) is 0 Å². The van der Waals surface area contributed by atoms with Gasteiger partial charge in [0.2, 0.25) is 0 Å². The number of rotatable bonds is 6. The van der Waals surface area contributed by atoms with Crippen molar-refractivity contribution in [3.05, 3.63) is 0 Å². The van der Waals surface area contributed by atoms with E-state index >= 15 is 0 Å². The zero-order chi connectivity index (χ0) is 13.3. The van der Waals surface area contributed by atoms with E-state index in [1.807, 2.05) is 0 Å². The zero-order valence-electron chi connectivity index (χ0n) is 13.3. The third-order valence-electron chi connectivity index (χ3n) is 4.65. The predicted molar refractivity (Wildman–Crippen MR) is 80.3 cm³/mol. The molecule has 0 aromatic carbocycles. The molecule has 104 valence electrons. The van der Waals surface area contributed by atoms with Crippen molar-refractivity contribution in [3.63, 3.8) is 0 Å². The highest BCUT2D eigenvalue weighted by Gasteiger charge is 2.30. The Balaban J connectivity index is 0.000000366. The Morgan fingerprint density at radius 2 is 1.47 bits per heavy atom. The van der Waals surface area contributed by atoms with E-state index in [4.69, 9.17) is 0 Å². The summed E-state index contributed by atoms with van der Waals surface area (Å²) in [4.78, 5) is 0. The van der Waals surface area contributed by atoms with Crippen LogP contribution in [0.5, 0.6) is 0 Å². The van der Waals surface area contributed by atoms with Crippen LogP contribution in [0.3, 0.4) is 0 Å². The molecule has 0 aromatic rings. The molecule has 0 heterocycles. The van der Waals surface area contributed by atoms with E-state index in [1.165, 1.54) is 44.9 Å². The topological polar surface area (TPSA) is 0 Å². The van der Waals surface area contributed by atoms with Gasteiger partial charge in [0.05, 0.1) is 0 Å². The van der Waals surface area contributed by atoms with Crippen LogP contribution in [-0.2, 0) is 0 Å². The van der Waals surface area contributed by atoms with Crippen molar-refractivity contribution in [2.75, 3.05) is 0 Å². The van der Waals surface area contributed by atoms with Gasteiger partial charge in [0.25, 0.3) is 0 Å². The van der Waals surface area contributed by atoms with Gasteiger partial charge in [-0.3, -0.25) is 0 Å². The van der Waals surface area contributed by atoms with Gasteiger partial charge < -0.3 is 0 Å². The molecular formula is C17H36. The summed E-state index contributed by atoms with van der Waals surface area (Å²) in [6, 6.07) is 0. The standard InChI is InChI=1S/C11H22.C6H14/c1-4-6-10(5-2)11-7-9(3)8-11;1-4-6(3)5-2/h9-11H,4-8H2,1-3H3;6H,4-5H2,1-3H3. The van der Waals surface area contributed by atoms with Gasteiger partial charge in [0, 0.05) is 0 Å². The van der Waals surface area contributed by atoms with Crippen LogP contribution in [0.2, 0.25) is 0 Å². The maximum absolute atomic E-state index is 2.38. The highest BCUT2D eigenvalue weighted by Crippen LogP contribution is 2.41. The lowest BCUT2D eigenvalue weighted by Crippen LogP contribution is -2.28. The fraction of sp³-hybridized carbons (Fsp3) is 1.00. The molecule has 1 saturated carbocycles. The summed E-state index contributed by atoms with van der Waals surface area (Å²) in [5.74, 6) is 4.11. The lowest BCUT2D eigenvalue weighted by atomic mass is 9.67. The average Bonchev–Trinajstić information content (AvgIpc) is 2.32. The fourth-order valence-electron chi connectivity index (χ4n) is 2.78. The summed E-state index contributed by atoms with van der Waals surface area (Å²) < 4.78 is 0. The van der Waals surface area contributed by atoms with Gasteiger partial charge in [-0.2, -0.15) is 0 Å². The lowest BCUT2D eigenvalue weighted by molar-refractivity contribution is 0.126. The van der Waals surface area contributed by atoms with Crippen molar-refractivity contribution in [1.29, 1.82) is 0 Å². The van der Waals surface area contributed by atoms with Crippen molar-refractivity contribution in [1.82, 2.24) is 0 Å². The largest absolute Gasteiger partial charge is 0.0654 e. The minimum absolute atomic E-state index is 0.935. The monoisotopic (exact) mass is 240 g/mol. The fourth-order valence-corrected chi connectivity index (χ4v) is 2.78. The second kappa shape index (κ2) is 9.97. The van der Waals surface area contributed by atoms with E-state index in [0.29, 0.717) is 0 Å². The molecule has 1 fully saturated rings. The number of hydrogen-bond acceptors (Lipinski definition) is 0. The van der Waals surface area contributed by atoms with E-state index in [0.717, 1.165) is 23.7 Å². The summed E-state index contributed by atoms with van der Waals surface area (Å²) in [7, 11) is 0.